The fourth-order valence-corrected chi connectivity index (χ4v) is 2.52. The van der Waals surface area contributed by atoms with E-state index in [-0.39, 0.29) is 18.4 Å². The molecule has 0 saturated heterocycles. The number of ether oxygens (including phenoxy) is 1. The van der Waals surface area contributed by atoms with Crippen LogP contribution in [-0.2, 0) is 4.79 Å². The average molecular weight is 354 g/mol. The fraction of sp³-hybridized carbons (Fsp3) is 0.333. The minimum atomic E-state index is -0.213. The maximum Gasteiger partial charge on any atom is 0.258 e. The third kappa shape index (κ3) is 5.34. The lowest BCUT2D eigenvalue weighted by Gasteiger charge is -2.14. The van der Waals surface area contributed by atoms with Gasteiger partial charge in [0.05, 0.1) is 0 Å². The first-order valence-corrected chi connectivity index (χ1v) is 8.69. The number of carbonyl (C=O) groups excluding carboxylic acids is 2. The Morgan fingerprint density at radius 1 is 0.846 bits per heavy atom. The number of amides is 2. The number of nitrogens with one attached hydrogen (secondary N) is 2. The van der Waals surface area contributed by atoms with E-state index in [0.29, 0.717) is 18.7 Å². The van der Waals surface area contributed by atoms with Crippen LogP contribution < -0.4 is 15.4 Å². The number of carbonyl (C=O) groups is 2. The Bertz CT molecular complexity index is 783. The van der Waals surface area contributed by atoms with Crippen LogP contribution >= 0.6 is 0 Å². The molecule has 0 aliphatic carbocycles. The second kappa shape index (κ2) is 9.04. The summed E-state index contributed by atoms with van der Waals surface area (Å²) >= 11 is 0. The normalized spacial score (nSPS) is 10.3. The molecule has 5 heteroatoms. The van der Waals surface area contributed by atoms with Gasteiger partial charge in [-0.15, -0.1) is 0 Å². The highest BCUT2D eigenvalue weighted by Crippen LogP contribution is 2.25. The topological polar surface area (TPSA) is 67.4 Å². The standard InChI is InChI=1S/C21H26N2O3/c1-14-5-9-18(10-6-14)21(25)23-12-11-22-19(24)13-26-20-16(3)8-7-15(2)17(20)4/h5-10H,11-13H2,1-4H3,(H,22,24)(H,23,25). The zero-order valence-electron chi connectivity index (χ0n) is 15.8. The van der Waals surface area contributed by atoms with Crippen molar-refractivity contribution >= 4 is 11.8 Å². The lowest BCUT2D eigenvalue weighted by molar-refractivity contribution is -0.123. The highest BCUT2D eigenvalue weighted by Gasteiger charge is 2.09. The van der Waals surface area contributed by atoms with Crippen molar-refractivity contribution in [3.8, 4) is 5.75 Å². The van der Waals surface area contributed by atoms with Gasteiger partial charge in [-0.1, -0.05) is 29.8 Å². The molecule has 0 radical (unpaired) electrons. The molecule has 0 aliphatic rings. The van der Waals surface area contributed by atoms with Gasteiger partial charge in [-0.05, 0) is 56.5 Å². The van der Waals surface area contributed by atoms with Crippen LogP contribution in [0.5, 0.6) is 5.75 Å². The van der Waals surface area contributed by atoms with Gasteiger partial charge in [-0.3, -0.25) is 9.59 Å². The molecule has 0 unspecified atom stereocenters. The molecule has 26 heavy (non-hydrogen) atoms. The van der Waals surface area contributed by atoms with Crippen LogP contribution in [0.15, 0.2) is 36.4 Å². The summed E-state index contributed by atoms with van der Waals surface area (Å²) in [5.74, 6) is 0.393. The fourth-order valence-electron chi connectivity index (χ4n) is 2.52. The van der Waals surface area contributed by atoms with E-state index in [2.05, 4.69) is 10.6 Å². The van der Waals surface area contributed by atoms with Crippen LogP contribution in [0.4, 0.5) is 0 Å². The van der Waals surface area contributed by atoms with Crippen LogP contribution in [0.2, 0.25) is 0 Å². The molecular formula is C21H26N2O3. The summed E-state index contributed by atoms with van der Waals surface area (Å²) in [6, 6.07) is 11.4. The van der Waals surface area contributed by atoms with Gasteiger partial charge in [-0.2, -0.15) is 0 Å². The molecule has 0 bridgehead atoms. The first-order valence-electron chi connectivity index (χ1n) is 8.69. The Hall–Kier alpha value is -2.82. The molecule has 5 nitrogen and oxygen atoms in total. The van der Waals surface area contributed by atoms with E-state index in [9.17, 15) is 9.59 Å². The minimum Gasteiger partial charge on any atom is -0.483 e. The smallest absolute Gasteiger partial charge is 0.258 e. The van der Waals surface area contributed by atoms with Crippen LogP contribution in [0.1, 0.15) is 32.6 Å². The van der Waals surface area contributed by atoms with E-state index in [4.69, 9.17) is 4.74 Å². The van der Waals surface area contributed by atoms with Crippen molar-refractivity contribution in [1.82, 2.24) is 10.6 Å². The van der Waals surface area contributed by atoms with Gasteiger partial charge in [-0.25, -0.2) is 0 Å². The average Bonchev–Trinajstić information content (AvgIpc) is 2.62. The van der Waals surface area contributed by atoms with Gasteiger partial charge in [0.15, 0.2) is 6.61 Å². The second-order valence-corrected chi connectivity index (χ2v) is 6.41. The lowest BCUT2D eigenvalue weighted by atomic mass is 10.1. The van der Waals surface area contributed by atoms with E-state index < -0.39 is 0 Å². The number of aryl methyl sites for hydroxylation is 3. The molecule has 0 saturated carbocycles. The lowest BCUT2D eigenvalue weighted by Crippen LogP contribution is -2.36. The van der Waals surface area contributed by atoms with Crippen molar-refractivity contribution in [3.63, 3.8) is 0 Å². The predicted molar refractivity (Wildman–Crippen MR) is 103 cm³/mol. The maximum atomic E-state index is 12.0. The largest absolute Gasteiger partial charge is 0.483 e. The molecule has 0 aliphatic heterocycles. The molecular weight excluding hydrogens is 328 g/mol. The van der Waals surface area contributed by atoms with E-state index in [1.807, 2.05) is 52.0 Å². The number of hydrogen-bond acceptors (Lipinski definition) is 3. The Kier molecular flexibility index (Phi) is 6.78. The second-order valence-electron chi connectivity index (χ2n) is 6.41. The summed E-state index contributed by atoms with van der Waals surface area (Å²) in [6.45, 7) is 8.59. The summed E-state index contributed by atoms with van der Waals surface area (Å²) in [4.78, 5) is 23.9. The van der Waals surface area contributed by atoms with Crippen molar-refractivity contribution in [2.24, 2.45) is 0 Å². The van der Waals surface area contributed by atoms with Gasteiger partial charge in [0.25, 0.3) is 11.8 Å². The van der Waals surface area contributed by atoms with Crippen LogP contribution in [0, 0.1) is 27.7 Å². The highest BCUT2D eigenvalue weighted by molar-refractivity contribution is 5.94. The van der Waals surface area contributed by atoms with Gasteiger partial charge in [0.1, 0.15) is 5.75 Å². The van der Waals surface area contributed by atoms with Crippen molar-refractivity contribution in [3.05, 3.63) is 64.2 Å². The highest BCUT2D eigenvalue weighted by atomic mass is 16.5. The summed E-state index contributed by atoms with van der Waals surface area (Å²) in [6.07, 6.45) is 0. The van der Waals surface area contributed by atoms with E-state index >= 15 is 0 Å². The molecule has 2 aromatic carbocycles. The summed E-state index contributed by atoms with van der Waals surface area (Å²) < 4.78 is 5.67. The van der Waals surface area contributed by atoms with E-state index in [0.717, 1.165) is 28.0 Å². The summed E-state index contributed by atoms with van der Waals surface area (Å²) in [7, 11) is 0. The Morgan fingerprint density at radius 2 is 1.46 bits per heavy atom. The zero-order chi connectivity index (χ0) is 19.1. The van der Waals surface area contributed by atoms with Crippen LogP contribution in [-0.4, -0.2) is 31.5 Å². The summed E-state index contributed by atoms with van der Waals surface area (Å²) in [5.41, 5.74) is 4.89. The van der Waals surface area contributed by atoms with Gasteiger partial charge >= 0.3 is 0 Å². The number of rotatable bonds is 7. The molecule has 2 N–H and O–H groups in total. The molecule has 0 spiro atoms. The van der Waals surface area contributed by atoms with Gasteiger partial charge in [0.2, 0.25) is 0 Å². The third-order valence-electron chi connectivity index (χ3n) is 4.27. The maximum absolute atomic E-state index is 12.0. The molecule has 0 aromatic heterocycles. The molecule has 0 atom stereocenters. The first kappa shape index (κ1) is 19.5. The number of hydrogen-bond donors (Lipinski definition) is 2. The van der Waals surface area contributed by atoms with Crippen LogP contribution in [0.25, 0.3) is 0 Å². The SMILES string of the molecule is Cc1ccc(C(=O)NCCNC(=O)COc2c(C)ccc(C)c2C)cc1. The Labute approximate surface area is 154 Å². The van der Waals surface area contributed by atoms with Crippen LogP contribution in [0.3, 0.4) is 0 Å². The van der Waals surface area contributed by atoms with Crippen molar-refractivity contribution in [2.75, 3.05) is 19.7 Å². The molecule has 0 fully saturated rings. The summed E-state index contributed by atoms with van der Waals surface area (Å²) in [5, 5.41) is 5.52. The van der Waals surface area contributed by atoms with Crippen molar-refractivity contribution in [2.45, 2.75) is 27.7 Å². The van der Waals surface area contributed by atoms with Crippen molar-refractivity contribution < 1.29 is 14.3 Å². The molecule has 2 amide bonds. The van der Waals surface area contributed by atoms with Gasteiger partial charge in [0, 0.05) is 18.7 Å². The van der Waals surface area contributed by atoms with E-state index in [1.54, 1.807) is 12.1 Å². The Balaban J connectivity index is 1.72. The number of benzene rings is 2. The zero-order valence-corrected chi connectivity index (χ0v) is 15.8. The molecule has 2 rings (SSSR count). The molecule has 0 heterocycles. The predicted octanol–water partition coefficient (Wildman–Crippen LogP) is 2.85. The Morgan fingerprint density at radius 3 is 2.15 bits per heavy atom. The van der Waals surface area contributed by atoms with Gasteiger partial charge < -0.3 is 15.4 Å². The quantitative estimate of drug-likeness (QED) is 0.752. The first-order chi connectivity index (χ1) is 12.4. The van der Waals surface area contributed by atoms with Crippen molar-refractivity contribution in [1.29, 1.82) is 0 Å². The third-order valence-corrected chi connectivity index (χ3v) is 4.27. The van der Waals surface area contributed by atoms with E-state index in [1.165, 1.54) is 0 Å². The monoisotopic (exact) mass is 354 g/mol. The minimum absolute atomic E-state index is 0.0446. The molecule has 138 valence electrons. The molecule has 2 aromatic rings.